The van der Waals surface area contributed by atoms with Crippen molar-refractivity contribution < 1.29 is 23.1 Å². The predicted molar refractivity (Wildman–Crippen MR) is 94.5 cm³/mol. The topological polar surface area (TPSA) is 58.6 Å². The van der Waals surface area contributed by atoms with Crippen molar-refractivity contribution in [2.24, 2.45) is 5.92 Å². The van der Waals surface area contributed by atoms with E-state index >= 15 is 0 Å². The average molecular weight is 368 g/mol. The van der Waals surface area contributed by atoms with Crippen molar-refractivity contribution in [1.29, 1.82) is 0 Å². The molecular formula is C19H26F2N2O3. The van der Waals surface area contributed by atoms with Gasteiger partial charge in [-0.25, -0.2) is 0 Å². The zero-order valence-corrected chi connectivity index (χ0v) is 15.6. The largest absolute Gasteiger partial charge is 0.434 e. The summed E-state index contributed by atoms with van der Waals surface area (Å²) < 4.78 is 29.6. The minimum Gasteiger partial charge on any atom is -0.434 e. The molecule has 0 bridgehead atoms. The van der Waals surface area contributed by atoms with Crippen LogP contribution in [0.15, 0.2) is 12.1 Å². The molecule has 1 aromatic carbocycles. The van der Waals surface area contributed by atoms with Gasteiger partial charge < -0.3 is 15.0 Å². The molecule has 0 aromatic heterocycles. The van der Waals surface area contributed by atoms with Gasteiger partial charge in [0.15, 0.2) is 0 Å². The van der Waals surface area contributed by atoms with Gasteiger partial charge in [0.05, 0.1) is 0 Å². The van der Waals surface area contributed by atoms with Crippen molar-refractivity contribution in [2.75, 3.05) is 13.1 Å². The lowest BCUT2D eigenvalue weighted by molar-refractivity contribution is -0.125. The highest BCUT2D eigenvalue weighted by Crippen LogP contribution is 2.28. The SMILES string of the molecule is Cc1cc(C(=O)N2CCCNC(=O)C2CC(C)C)cc(C)c1OC(F)F. The molecule has 1 fully saturated rings. The van der Waals surface area contributed by atoms with Gasteiger partial charge in [0.25, 0.3) is 5.91 Å². The van der Waals surface area contributed by atoms with Crippen LogP contribution in [0.2, 0.25) is 0 Å². The van der Waals surface area contributed by atoms with Crippen molar-refractivity contribution in [2.45, 2.75) is 53.2 Å². The Labute approximate surface area is 152 Å². The molecule has 1 unspecified atom stereocenters. The number of rotatable bonds is 5. The number of hydrogen-bond donors (Lipinski definition) is 1. The van der Waals surface area contributed by atoms with Gasteiger partial charge in [-0.3, -0.25) is 9.59 Å². The van der Waals surface area contributed by atoms with Gasteiger partial charge in [-0.2, -0.15) is 8.78 Å². The first-order chi connectivity index (χ1) is 12.2. The number of amides is 2. The van der Waals surface area contributed by atoms with Gasteiger partial charge >= 0.3 is 6.61 Å². The Morgan fingerprint density at radius 2 is 1.92 bits per heavy atom. The van der Waals surface area contributed by atoms with E-state index in [0.717, 1.165) is 0 Å². The Morgan fingerprint density at radius 3 is 2.46 bits per heavy atom. The van der Waals surface area contributed by atoms with E-state index < -0.39 is 12.7 Å². The molecule has 5 nitrogen and oxygen atoms in total. The Bertz CT molecular complexity index is 654. The van der Waals surface area contributed by atoms with E-state index in [4.69, 9.17) is 0 Å². The summed E-state index contributed by atoms with van der Waals surface area (Å²) in [5.41, 5.74) is 1.31. The summed E-state index contributed by atoms with van der Waals surface area (Å²) in [6.07, 6.45) is 1.25. The smallest absolute Gasteiger partial charge is 0.387 e. The second-order valence-electron chi connectivity index (χ2n) is 7.11. The zero-order valence-electron chi connectivity index (χ0n) is 15.6. The Morgan fingerprint density at radius 1 is 1.31 bits per heavy atom. The summed E-state index contributed by atoms with van der Waals surface area (Å²) in [6, 6.07) is 2.56. The molecule has 7 heteroatoms. The molecule has 144 valence electrons. The maximum atomic E-state index is 13.1. The van der Waals surface area contributed by atoms with E-state index in [9.17, 15) is 18.4 Å². The molecule has 2 amide bonds. The van der Waals surface area contributed by atoms with Crippen LogP contribution in [-0.2, 0) is 4.79 Å². The fraction of sp³-hybridized carbons (Fsp3) is 0.579. The van der Waals surface area contributed by atoms with Crippen LogP contribution >= 0.6 is 0 Å². The first-order valence-corrected chi connectivity index (χ1v) is 8.85. The van der Waals surface area contributed by atoms with E-state index in [2.05, 4.69) is 10.1 Å². The monoisotopic (exact) mass is 368 g/mol. The molecule has 0 saturated carbocycles. The molecule has 0 radical (unpaired) electrons. The molecule has 2 rings (SSSR count). The van der Waals surface area contributed by atoms with Gasteiger partial charge in [-0.15, -0.1) is 0 Å². The Hall–Kier alpha value is -2.18. The highest BCUT2D eigenvalue weighted by Gasteiger charge is 2.33. The van der Waals surface area contributed by atoms with Crippen LogP contribution in [0.3, 0.4) is 0 Å². The first kappa shape index (κ1) is 20.1. The number of benzene rings is 1. The normalized spacial score (nSPS) is 18.1. The molecule has 1 saturated heterocycles. The van der Waals surface area contributed by atoms with Gasteiger partial charge in [-0.1, -0.05) is 13.8 Å². The van der Waals surface area contributed by atoms with Crippen LogP contribution in [0, 0.1) is 19.8 Å². The number of halogens is 2. The summed E-state index contributed by atoms with van der Waals surface area (Å²) in [5, 5.41) is 2.85. The lowest BCUT2D eigenvalue weighted by Crippen LogP contribution is -2.47. The highest BCUT2D eigenvalue weighted by atomic mass is 19.3. The highest BCUT2D eigenvalue weighted by molar-refractivity contribution is 5.98. The summed E-state index contributed by atoms with van der Waals surface area (Å²) in [5.74, 6) is -0.0634. The number of carbonyl (C=O) groups excluding carboxylic acids is 2. The lowest BCUT2D eigenvalue weighted by atomic mass is 9.99. The van der Waals surface area contributed by atoms with Gasteiger partial charge in [0.1, 0.15) is 11.8 Å². The second kappa shape index (κ2) is 8.47. The number of nitrogens with zero attached hydrogens (tertiary/aromatic N) is 1. The van der Waals surface area contributed by atoms with Gasteiger partial charge in [0, 0.05) is 18.7 Å². The number of alkyl halides is 2. The third kappa shape index (κ3) is 4.71. The number of carbonyl (C=O) groups is 2. The van der Waals surface area contributed by atoms with Gasteiger partial charge in [0.2, 0.25) is 5.91 Å². The van der Waals surface area contributed by atoms with Crippen LogP contribution in [0.4, 0.5) is 8.78 Å². The van der Waals surface area contributed by atoms with E-state index in [1.54, 1.807) is 30.9 Å². The Kier molecular flexibility index (Phi) is 6.56. The molecule has 1 aliphatic heterocycles. The van der Waals surface area contributed by atoms with Crippen LogP contribution in [0.1, 0.15) is 48.2 Å². The number of ether oxygens (including phenoxy) is 1. The number of hydrogen-bond acceptors (Lipinski definition) is 3. The minimum atomic E-state index is -2.92. The van der Waals surface area contributed by atoms with E-state index in [0.29, 0.717) is 42.6 Å². The summed E-state index contributed by atoms with van der Waals surface area (Å²) in [6.45, 7) is 5.36. The number of aryl methyl sites for hydroxylation is 2. The van der Waals surface area contributed by atoms with Crippen LogP contribution < -0.4 is 10.1 Å². The zero-order chi connectivity index (χ0) is 19.4. The standard InChI is InChI=1S/C19H26F2N2O3/c1-11(2)8-15-17(24)22-6-5-7-23(15)18(25)14-9-12(3)16(13(4)10-14)26-19(20)21/h9-11,15,19H,5-8H2,1-4H3,(H,22,24). The molecule has 26 heavy (non-hydrogen) atoms. The fourth-order valence-corrected chi connectivity index (χ4v) is 3.31. The number of nitrogens with one attached hydrogen (secondary N) is 1. The summed E-state index contributed by atoms with van der Waals surface area (Å²) >= 11 is 0. The van der Waals surface area contributed by atoms with Crippen molar-refractivity contribution in [3.63, 3.8) is 0 Å². The van der Waals surface area contributed by atoms with E-state index in [1.165, 1.54) is 0 Å². The van der Waals surface area contributed by atoms with Crippen LogP contribution in [0.25, 0.3) is 0 Å². The van der Waals surface area contributed by atoms with Crippen molar-refractivity contribution in [1.82, 2.24) is 10.2 Å². The average Bonchev–Trinajstić information content (AvgIpc) is 2.72. The molecule has 0 aliphatic carbocycles. The minimum absolute atomic E-state index is 0.0869. The van der Waals surface area contributed by atoms with E-state index in [-0.39, 0.29) is 23.5 Å². The maximum Gasteiger partial charge on any atom is 0.387 e. The van der Waals surface area contributed by atoms with Gasteiger partial charge in [-0.05, 0) is 55.9 Å². The van der Waals surface area contributed by atoms with Crippen LogP contribution in [0.5, 0.6) is 5.75 Å². The van der Waals surface area contributed by atoms with Crippen molar-refractivity contribution in [3.05, 3.63) is 28.8 Å². The molecular weight excluding hydrogens is 342 g/mol. The summed E-state index contributed by atoms with van der Waals surface area (Å²) in [4.78, 5) is 27.1. The van der Waals surface area contributed by atoms with Crippen molar-refractivity contribution in [3.8, 4) is 5.75 Å². The van der Waals surface area contributed by atoms with Crippen molar-refractivity contribution >= 4 is 11.8 Å². The molecule has 1 heterocycles. The Balaban J connectivity index is 2.34. The molecule has 0 spiro atoms. The third-order valence-corrected chi connectivity index (χ3v) is 4.42. The second-order valence-corrected chi connectivity index (χ2v) is 7.11. The molecule has 1 N–H and O–H groups in total. The lowest BCUT2D eigenvalue weighted by Gasteiger charge is -2.30. The van der Waals surface area contributed by atoms with E-state index in [1.807, 2.05) is 13.8 Å². The maximum absolute atomic E-state index is 13.1. The predicted octanol–water partition coefficient (Wildman–Crippen LogP) is 3.28. The first-order valence-electron chi connectivity index (χ1n) is 8.85. The third-order valence-electron chi connectivity index (χ3n) is 4.42. The fourth-order valence-electron chi connectivity index (χ4n) is 3.31. The quantitative estimate of drug-likeness (QED) is 0.868. The van der Waals surface area contributed by atoms with Crippen LogP contribution in [-0.4, -0.2) is 42.5 Å². The molecule has 1 aromatic rings. The molecule has 1 aliphatic rings. The molecule has 1 atom stereocenters. The summed E-state index contributed by atoms with van der Waals surface area (Å²) in [7, 11) is 0.